The van der Waals surface area contributed by atoms with E-state index >= 15 is 0 Å². The van der Waals surface area contributed by atoms with E-state index in [1.54, 1.807) is 18.2 Å². The molecule has 0 aliphatic carbocycles. The highest BCUT2D eigenvalue weighted by molar-refractivity contribution is 5.97. The summed E-state index contributed by atoms with van der Waals surface area (Å²) in [6.07, 6.45) is 2.15. The summed E-state index contributed by atoms with van der Waals surface area (Å²) in [4.78, 5) is 21.7. The number of carbonyl (C=O) groups is 1. The molecule has 1 fully saturated rings. The van der Waals surface area contributed by atoms with Crippen LogP contribution in [0.5, 0.6) is 0 Å². The second-order valence-corrected chi connectivity index (χ2v) is 6.00. The summed E-state index contributed by atoms with van der Waals surface area (Å²) in [5.74, 6) is 0.910. The van der Waals surface area contributed by atoms with E-state index in [0.29, 0.717) is 23.9 Å². The van der Waals surface area contributed by atoms with Gasteiger partial charge in [0.2, 0.25) is 0 Å². The number of benzene rings is 1. The van der Waals surface area contributed by atoms with Gasteiger partial charge in [-0.15, -0.1) is 0 Å². The van der Waals surface area contributed by atoms with Gasteiger partial charge in [0.1, 0.15) is 12.4 Å². The second kappa shape index (κ2) is 6.06. The van der Waals surface area contributed by atoms with Gasteiger partial charge in [-0.1, -0.05) is 13.3 Å². The Labute approximate surface area is 129 Å². The maximum atomic E-state index is 12.6. The molecule has 2 aromatic rings. The zero-order chi connectivity index (χ0) is 15.7. The average molecular weight is 302 g/mol. The van der Waals surface area contributed by atoms with Crippen LogP contribution in [0.15, 0.2) is 18.2 Å². The molecular weight excluding hydrogens is 280 g/mol. The fourth-order valence-corrected chi connectivity index (χ4v) is 3.19. The standard InChI is InChI=1S/C16H22N4O2/c1-2-3-11-7-20(8-12(11)17)16(22)10-4-5-13-14(6-10)19-15(9-21)18-13/h4-6,11-12,21H,2-3,7-9,17H2,1H3,(H,18,19)/t11-,12-/m0/s1. The molecule has 1 aromatic heterocycles. The first kappa shape index (κ1) is 15.0. The number of imidazole rings is 1. The van der Waals surface area contributed by atoms with Crippen molar-refractivity contribution in [1.82, 2.24) is 14.9 Å². The Kier molecular flexibility index (Phi) is 4.13. The first-order chi connectivity index (χ1) is 10.6. The van der Waals surface area contributed by atoms with E-state index in [1.165, 1.54) is 0 Å². The fourth-order valence-electron chi connectivity index (χ4n) is 3.19. The number of carbonyl (C=O) groups excluding carboxylic acids is 1. The van der Waals surface area contributed by atoms with Crippen molar-refractivity contribution >= 4 is 16.9 Å². The molecule has 1 aliphatic rings. The molecule has 22 heavy (non-hydrogen) atoms. The van der Waals surface area contributed by atoms with Crippen molar-refractivity contribution in [2.45, 2.75) is 32.4 Å². The van der Waals surface area contributed by atoms with Gasteiger partial charge in [0.05, 0.1) is 11.0 Å². The fraction of sp³-hybridized carbons (Fsp3) is 0.500. The summed E-state index contributed by atoms with van der Waals surface area (Å²) in [5, 5.41) is 9.12. The van der Waals surface area contributed by atoms with Crippen molar-refractivity contribution in [2.75, 3.05) is 13.1 Å². The molecule has 2 heterocycles. The number of aliphatic hydroxyl groups excluding tert-OH is 1. The van der Waals surface area contributed by atoms with Crippen LogP contribution in [0.25, 0.3) is 11.0 Å². The molecule has 2 atom stereocenters. The van der Waals surface area contributed by atoms with Gasteiger partial charge >= 0.3 is 0 Å². The Balaban J connectivity index is 1.80. The molecule has 6 heteroatoms. The van der Waals surface area contributed by atoms with Crippen molar-refractivity contribution < 1.29 is 9.90 Å². The molecule has 0 bridgehead atoms. The molecule has 0 radical (unpaired) electrons. The number of aromatic amines is 1. The summed E-state index contributed by atoms with van der Waals surface area (Å²) in [6.45, 7) is 3.35. The maximum absolute atomic E-state index is 12.6. The van der Waals surface area contributed by atoms with Crippen LogP contribution in [0.2, 0.25) is 0 Å². The third-order valence-corrected chi connectivity index (χ3v) is 4.37. The van der Waals surface area contributed by atoms with Crippen molar-refractivity contribution in [1.29, 1.82) is 0 Å². The third kappa shape index (κ3) is 2.71. The molecule has 0 unspecified atom stereocenters. The largest absolute Gasteiger partial charge is 0.388 e. The topological polar surface area (TPSA) is 95.2 Å². The van der Waals surface area contributed by atoms with Crippen molar-refractivity contribution in [3.05, 3.63) is 29.6 Å². The monoisotopic (exact) mass is 302 g/mol. The second-order valence-electron chi connectivity index (χ2n) is 6.00. The van der Waals surface area contributed by atoms with E-state index in [9.17, 15) is 4.79 Å². The van der Waals surface area contributed by atoms with Crippen LogP contribution in [-0.2, 0) is 6.61 Å². The van der Waals surface area contributed by atoms with Crippen molar-refractivity contribution in [3.63, 3.8) is 0 Å². The molecule has 1 aromatic carbocycles. The quantitative estimate of drug-likeness (QED) is 0.792. The van der Waals surface area contributed by atoms with Crippen molar-refractivity contribution in [2.24, 2.45) is 11.7 Å². The summed E-state index contributed by atoms with van der Waals surface area (Å²) in [5.41, 5.74) is 8.29. The predicted octanol–water partition coefficient (Wildman–Crippen LogP) is 1.25. The molecule has 1 saturated heterocycles. The van der Waals surface area contributed by atoms with Gasteiger partial charge in [0, 0.05) is 24.7 Å². The van der Waals surface area contributed by atoms with E-state index in [4.69, 9.17) is 10.8 Å². The number of aromatic nitrogens is 2. The van der Waals surface area contributed by atoms with E-state index in [-0.39, 0.29) is 18.6 Å². The number of rotatable bonds is 4. The Morgan fingerprint density at radius 3 is 3.05 bits per heavy atom. The van der Waals surface area contributed by atoms with Gasteiger partial charge < -0.3 is 20.7 Å². The van der Waals surface area contributed by atoms with Crippen molar-refractivity contribution in [3.8, 4) is 0 Å². The lowest BCUT2D eigenvalue weighted by molar-refractivity contribution is 0.0785. The molecule has 6 nitrogen and oxygen atoms in total. The molecule has 1 aliphatic heterocycles. The molecule has 0 saturated carbocycles. The lowest BCUT2D eigenvalue weighted by Gasteiger charge is -2.16. The van der Waals surface area contributed by atoms with Gasteiger partial charge in [0.15, 0.2) is 0 Å². The molecule has 118 valence electrons. The average Bonchev–Trinajstić information content (AvgIpc) is 3.10. The zero-order valence-electron chi connectivity index (χ0n) is 12.7. The number of H-pyrrole nitrogens is 1. The molecular formula is C16H22N4O2. The molecule has 1 amide bonds. The highest BCUT2D eigenvalue weighted by Gasteiger charge is 2.32. The number of aliphatic hydroxyl groups is 1. The minimum absolute atomic E-state index is 0.0103. The van der Waals surface area contributed by atoms with Gasteiger partial charge in [-0.25, -0.2) is 4.98 Å². The third-order valence-electron chi connectivity index (χ3n) is 4.37. The van der Waals surface area contributed by atoms with Gasteiger partial charge in [-0.2, -0.15) is 0 Å². The molecule has 0 spiro atoms. The van der Waals surface area contributed by atoms with Crippen LogP contribution in [0.3, 0.4) is 0 Å². The van der Waals surface area contributed by atoms with Crippen LogP contribution in [0.1, 0.15) is 35.9 Å². The SMILES string of the molecule is CCC[C@H]1CN(C(=O)c2ccc3nc(CO)[nH]c3c2)C[C@@H]1N. The van der Waals surface area contributed by atoms with Crippen LogP contribution in [0.4, 0.5) is 0 Å². The van der Waals surface area contributed by atoms with E-state index < -0.39 is 0 Å². The molecule has 3 rings (SSSR count). The highest BCUT2D eigenvalue weighted by atomic mass is 16.3. The van der Waals surface area contributed by atoms with Crippen LogP contribution in [0, 0.1) is 5.92 Å². The highest BCUT2D eigenvalue weighted by Crippen LogP contribution is 2.23. The number of hydrogen-bond acceptors (Lipinski definition) is 4. The first-order valence-electron chi connectivity index (χ1n) is 7.76. The number of likely N-dealkylation sites (tertiary alicyclic amines) is 1. The number of amides is 1. The Hall–Kier alpha value is -1.92. The van der Waals surface area contributed by atoms with E-state index in [1.807, 2.05) is 4.90 Å². The van der Waals surface area contributed by atoms with Gasteiger partial charge in [-0.3, -0.25) is 4.79 Å². The Morgan fingerprint density at radius 1 is 1.50 bits per heavy atom. The Morgan fingerprint density at radius 2 is 2.32 bits per heavy atom. The smallest absolute Gasteiger partial charge is 0.253 e. The number of nitrogens with one attached hydrogen (secondary N) is 1. The minimum atomic E-state index is -0.141. The summed E-state index contributed by atoms with van der Waals surface area (Å²) < 4.78 is 0. The van der Waals surface area contributed by atoms with Crippen LogP contribution < -0.4 is 5.73 Å². The van der Waals surface area contributed by atoms with E-state index in [0.717, 1.165) is 30.4 Å². The summed E-state index contributed by atoms with van der Waals surface area (Å²) >= 11 is 0. The normalized spacial score (nSPS) is 21.7. The Bertz CT molecular complexity index is 682. The van der Waals surface area contributed by atoms with Crippen LogP contribution >= 0.6 is 0 Å². The van der Waals surface area contributed by atoms with Crippen LogP contribution in [-0.4, -0.2) is 45.0 Å². The lowest BCUT2D eigenvalue weighted by Crippen LogP contribution is -2.32. The summed E-state index contributed by atoms with van der Waals surface area (Å²) in [6, 6.07) is 5.45. The van der Waals surface area contributed by atoms with E-state index in [2.05, 4.69) is 16.9 Å². The minimum Gasteiger partial charge on any atom is -0.388 e. The predicted molar refractivity (Wildman–Crippen MR) is 84.3 cm³/mol. The number of nitrogens with two attached hydrogens (primary N) is 1. The number of hydrogen-bond donors (Lipinski definition) is 3. The lowest BCUT2D eigenvalue weighted by atomic mass is 9.99. The first-order valence-corrected chi connectivity index (χ1v) is 7.76. The van der Waals surface area contributed by atoms with Gasteiger partial charge in [-0.05, 0) is 30.5 Å². The maximum Gasteiger partial charge on any atom is 0.253 e. The number of nitrogens with zero attached hydrogens (tertiary/aromatic N) is 2. The zero-order valence-corrected chi connectivity index (χ0v) is 12.7. The molecule has 4 N–H and O–H groups in total. The summed E-state index contributed by atoms with van der Waals surface area (Å²) in [7, 11) is 0. The number of fused-ring (bicyclic) bond motifs is 1. The van der Waals surface area contributed by atoms with Gasteiger partial charge in [0.25, 0.3) is 5.91 Å².